The number of benzene rings is 2. The molecule has 0 heterocycles. The lowest BCUT2D eigenvalue weighted by atomic mass is 10.2. The fourth-order valence-corrected chi connectivity index (χ4v) is 1.72. The monoisotopic (exact) mass is 292 g/mol. The van der Waals surface area contributed by atoms with Crippen LogP contribution in [0.1, 0.15) is 15.9 Å². The summed E-state index contributed by atoms with van der Waals surface area (Å²) in [5, 5.41) is 5.03. The van der Waals surface area contributed by atoms with Gasteiger partial charge in [0.2, 0.25) is 0 Å². The number of nitrogens with zero attached hydrogens (tertiary/aromatic N) is 1. The minimum absolute atomic E-state index is 0.312. The van der Waals surface area contributed by atoms with E-state index in [1.165, 1.54) is 0 Å². The molecule has 0 fully saturated rings. The van der Waals surface area contributed by atoms with Gasteiger partial charge in [0.15, 0.2) is 0 Å². The standard InChI is InChI=1S/C14H10Cl2N2O/c15-12-6-4-10(5-7-12)9-17-18-14(19)11-2-1-3-13(16)8-11/h1-9H,(H,18,19). The molecule has 0 aliphatic rings. The predicted molar refractivity (Wildman–Crippen MR) is 78.0 cm³/mol. The quantitative estimate of drug-likeness (QED) is 0.679. The van der Waals surface area contributed by atoms with Gasteiger partial charge in [-0.25, -0.2) is 5.43 Å². The molecule has 0 aromatic heterocycles. The van der Waals surface area contributed by atoms with Crippen molar-refractivity contribution in [1.29, 1.82) is 0 Å². The van der Waals surface area contributed by atoms with E-state index >= 15 is 0 Å². The third kappa shape index (κ3) is 4.09. The highest BCUT2D eigenvalue weighted by Crippen LogP contribution is 2.10. The molecule has 2 rings (SSSR count). The number of hydrogen-bond acceptors (Lipinski definition) is 2. The van der Waals surface area contributed by atoms with Crippen LogP contribution >= 0.6 is 23.2 Å². The molecule has 0 saturated heterocycles. The van der Waals surface area contributed by atoms with Crippen molar-refractivity contribution in [3.63, 3.8) is 0 Å². The Hall–Kier alpha value is -1.84. The van der Waals surface area contributed by atoms with Crippen LogP contribution in [0.15, 0.2) is 53.6 Å². The van der Waals surface area contributed by atoms with Crippen molar-refractivity contribution >= 4 is 35.3 Å². The summed E-state index contributed by atoms with van der Waals surface area (Å²) < 4.78 is 0. The SMILES string of the molecule is O=C(NN=Cc1ccc(Cl)cc1)c1cccc(Cl)c1. The van der Waals surface area contributed by atoms with Crippen LogP contribution in [0.25, 0.3) is 0 Å². The highest BCUT2D eigenvalue weighted by molar-refractivity contribution is 6.31. The Kier molecular flexibility index (Phi) is 4.55. The molecule has 96 valence electrons. The fourth-order valence-electron chi connectivity index (χ4n) is 1.41. The van der Waals surface area contributed by atoms with Crippen LogP contribution in [-0.4, -0.2) is 12.1 Å². The molecule has 0 saturated carbocycles. The molecule has 0 bridgehead atoms. The van der Waals surface area contributed by atoms with Gasteiger partial charge in [0.1, 0.15) is 0 Å². The number of amides is 1. The number of rotatable bonds is 3. The van der Waals surface area contributed by atoms with Crippen molar-refractivity contribution < 1.29 is 4.79 Å². The maximum absolute atomic E-state index is 11.7. The third-order valence-corrected chi connectivity index (χ3v) is 2.82. The Balaban J connectivity index is 1.98. The molecule has 0 spiro atoms. The van der Waals surface area contributed by atoms with Crippen molar-refractivity contribution in [3.05, 3.63) is 69.7 Å². The minimum Gasteiger partial charge on any atom is -0.267 e. The first-order valence-electron chi connectivity index (χ1n) is 5.50. The summed E-state index contributed by atoms with van der Waals surface area (Å²) in [6, 6.07) is 13.8. The molecule has 0 aliphatic carbocycles. The van der Waals surface area contributed by atoms with Crippen molar-refractivity contribution in [2.75, 3.05) is 0 Å². The van der Waals surface area contributed by atoms with Crippen molar-refractivity contribution in [2.45, 2.75) is 0 Å². The first-order valence-corrected chi connectivity index (χ1v) is 6.25. The van der Waals surface area contributed by atoms with Gasteiger partial charge in [-0.2, -0.15) is 5.10 Å². The van der Waals surface area contributed by atoms with Crippen LogP contribution in [0.5, 0.6) is 0 Å². The molecule has 0 radical (unpaired) electrons. The van der Waals surface area contributed by atoms with Gasteiger partial charge >= 0.3 is 0 Å². The number of carbonyl (C=O) groups is 1. The van der Waals surface area contributed by atoms with Gasteiger partial charge < -0.3 is 0 Å². The van der Waals surface area contributed by atoms with Gasteiger partial charge in [-0.05, 0) is 35.9 Å². The van der Waals surface area contributed by atoms with E-state index in [4.69, 9.17) is 23.2 Å². The van der Waals surface area contributed by atoms with Gasteiger partial charge in [-0.1, -0.05) is 41.4 Å². The Labute approximate surface area is 120 Å². The molecule has 3 nitrogen and oxygen atoms in total. The van der Waals surface area contributed by atoms with Crippen LogP contribution in [0.3, 0.4) is 0 Å². The normalized spacial score (nSPS) is 10.6. The molecule has 1 amide bonds. The van der Waals surface area contributed by atoms with E-state index in [0.717, 1.165) is 5.56 Å². The maximum atomic E-state index is 11.7. The molecule has 0 atom stereocenters. The first-order chi connectivity index (χ1) is 9.15. The van der Waals surface area contributed by atoms with Gasteiger partial charge in [0.05, 0.1) is 6.21 Å². The predicted octanol–water partition coefficient (Wildman–Crippen LogP) is 3.76. The van der Waals surface area contributed by atoms with Crippen LogP contribution < -0.4 is 5.43 Å². The maximum Gasteiger partial charge on any atom is 0.271 e. The average Bonchev–Trinajstić information content (AvgIpc) is 2.41. The number of hydrogen-bond donors (Lipinski definition) is 1. The van der Waals surface area contributed by atoms with Crippen LogP contribution in [0.4, 0.5) is 0 Å². The van der Waals surface area contributed by atoms with E-state index in [-0.39, 0.29) is 5.91 Å². The smallest absolute Gasteiger partial charge is 0.267 e. The highest BCUT2D eigenvalue weighted by Gasteiger charge is 2.03. The molecule has 2 aromatic rings. The zero-order valence-corrected chi connectivity index (χ0v) is 11.3. The molecular weight excluding hydrogens is 283 g/mol. The molecular formula is C14H10Cl2N2O. The lowest BCUT2D eigenvalue weighted by Gasteiger charge is -2.00. The first kappa shape index (κ1) is 13.6. The van der Waals surface area contributed by atoms with Crippen molar-refractivity contribution in [2.24, 2.45) is 5.10 Å². The van der Waals surface area contributed by atoms with E-state index in [0.29, 0.717) is 15.6 Å². The van der Waals surface area contributed by atoms with Gasteiger partial charge in [0.25, 0.3) is 5.91 Å². The average molecular weight is 293 g/mol. The lowest BCUT2D eigenvalue weighted by Crippen LogP contribution is -2.17. The molecule has 0 unspecified atom stereocenters. The zero-order valence-electron chi connectivity index (χ0n) is 9.81. The second-order valence-electron chi connectivity index (χ2n) is 3.76. The number of hydrazone groups is 1. The summed E-state index contributed by atoms with van der Waals surface area (Å²) >= 11 is 11.6. The van der Waals surface area contributed by atoms with Crippen molar-refractivity contribution in [1.82, 2.24) is 5.43 Å². The highest BCUT2D eigenvalue weighted by atomic mass is 35.5. The van der Waals surface area contributed by atoms with E-state index in [1.54, 1.807) is 54.7 Å². The molecule has 19 heavy (non-hydrogen) atoms. The summed E-state index contributed by atoms with van der Waals surface area (Å²) in [5.74, 6) is -0.312. The second kappa shape index (κ2) is 6.36. The third-order valence-electron chi connectivity index (χ3n) is 2.34. The minimum atomic E-state index is -0.312. The van der Waals surface area contributed by atoms with Gasteiger partial charge in [0, 0.05) is 15.6 Å². The van der Waals surface area contributed by atoms with Crippen LogP contribution in [-0.2, 0) is 0 Å². The second-order valence-corrected chi connectivity index (χ2v) is 4.63. The topological polar surface area (TPSA) is 41.5 Å². The van der Waals surface area contributed by atoms with E-state index in [2.05, 4.69) is 10.5 Å². The summed E-state index contributed by atoms with van der Waals surface area (Å²) in [6.45, 7) is 0. The Bertz CT molecular complexity index is 609. The Morgan fingerprint density at radius 1 is 1.05 bits per heavy atom. The molecule has 5 heteroatoms. The van der Waals surface area contributed by atoms with Crippen molar-refractivity contribution in [3.8, 4) is 0 Å². The van der Waals surface area contributed by atoms with E-state index in [1.807, 2.05) is 0 Å². The summed E-state index contributed by atoms with van der Waals surface area (Å²) in [4.78, 5) is 11.7. The Morgan fingerprint density at radius 2 is 1.79 bits per heavy atom. The summed E-state index contributed by atoms with van der Waals surface area (Å²) in [7, 11) is 0. The fraction of sp³-hybridized carbons (Fsp3) is 0. The molecule has 0 aliphatic heterocycles. The summed E-state index contributed by atoms with van der Waals surface area (Å²) in [5.41, 5.74) is 3.73. The number of carbonyl (C=O) groups excluding carboxylic acids is 1. The van der Waals surface area contributed by atoms with Gasteiger partial charge in [-0.15, -0.1) is 0 Å². The Morgan fingerprint density at radius 3 is 2.47 bits per heavy atom. The van der Waals surface area contributed by atoms with E-state index in [9.17, 15) is 4.79 Å². The van der Waals surface area contributed by atoms with Crippen LogP contribution in [0.2, 0.25) is 10.0 Å². The lowest BCUT2D eigenvalue weighted by molar-refractivity contribution is 0.0955. The van der Waals surface area contributed by atoms with E-state index < -0.39 is 0 Å². The number of nitrogens with one attached hydrogen (secondary N) is 1. The summed E-state index contributed by atoms with van der Waals surface area (Å²) in [6.07, 6.45) is 1.54. The largest absolute Gasteiger partial charge is 0.271 e. The van der Waals surface area contributed by atoms with Gasteiger partial charge in [-0.3, -0.25) is 4.79 Å². The number of halogens is 2. The molecule has 2 aromatic carbocycles. The zero-order chi connectivity index (χ0) is 13.7. The molecule has 1 N–H and O–H groups in total. The van der Waals surface area contributed by atoms with Crippen LogP contribution in [0, 0.1) is 0 Å².